The zero-order valence-electron chi connectivity index (χ0n) is 9.79. The van der Waals surface area contributed by atoms with Crippen molar-refractivity contribution in [1.29, 1.82) is 0 Å². The molecule has 19 heavy (non-hydrogen) atoms. The van der Waals surface area contributed by atoms with Gasteiger partial charge in [-0.1, -0.05) is 51.3 Å². The molecule has 2 aromatic rings. The summed E-state index contributed by atoms with van der Waals surface area (Å²) in [7, 11) is 0. The smallest absolute Gasteiger partial charge is 0.251 e. The zero-order valence-corrected chi connectivity index (χ0v) is 12.9. The summed E-state index contributed by atoms with van der Waals surface area (Å²) in [4.78, 5) is 11.9. The normalized spacial score (nSPS) is 10.3. The molecule has 0 heterocycles. The standard InChI is InChI=1S/C14H10BrCl2NO/c15-11-4-1-9(2-5-11)8-18-14(19)10-3-6-12(16)13(17)7-10/h1-7H,8H2,(H,18,19). The first-order valence-electron chi connectivity index (χ1n) is 5.54. The fourth-order valence-corrected chi connectivity index (χ4v) is 2.09. The summed E-state index contributed by atoms with van der Waals surface area (Å²) in [5, 5.41) is 3.63. The van der Waals surface area contributed by atoms with Crippen molar-refractivity contribution < 1.29 is 4.79 Å². The second kappa shape index (κ2) is 6.42. The summed E-state index contributed by atoms with van der Waals surface area (Å²) in [5.41, 5.74) is 1.52. The maximum atomic E-state index is 11.9. The fourth-order valence-electron chi connectivity index (χ4n) is 1.52. The Labute approximate surface area is 129 Å². The van der Waals surface area contributed by atoms with Gasteiger partial charge in [-0.25, -0.2) is 0 Å². The molecule has 0 fully saturated rings. The molecule has 2 nitrogen and oxygen atoms in total. The van der Waals surface area contributed by atoms with Crippen LogP contribution >= 0.6 is 39.1 Å². The molecule has 1 N–H and O–H groups in total. The summed E-state index contributed by atoms with van der Waals surface area (Å²) < 4.78 is 1.01. The van der Waals surface area contributed by atoms with Gasteiger partial charge < -0.3 is 5.32 Å². The van der Waals surface area contributed by atoms with Crippen LogP contribution in [0, 0.1) is 0 Å². The number of carbonyl (C=O) groups excluding carboxylic acids is 1. The average Bonchev–Trinajstić information content (AvgIpc) is 2.41. The highest BCUT2D eigenvalue weighted by Crippen LogP contribution is 2.22. The molecule has 0 unspecified atom stereocenters. The highest BCUT2D eigenvalue weighted by molar-refractivity contribution is 9.10. The van der Waals surface area contributed by atoms with Gasteiger partial charge in [0.05, 0.1) is 10.0 Å². The van der Waals surface area contributed by atoms with Crippen molar-refractivity contribution in [2.24, 2.45) is 0 Å². The molecule has 2 rings (SSSR count). The van der Waals surface area contributed by atoms with Gasteiger partial charge in [0.2, 0.25) is 0 Å². The van der Waals surface area contributed by atoms with E-state index in [2.05, 4.69) is 21.2 Å². The zero-order chi connectivity index (χ0) is 13.8. The van der Waals surface area contributed by atoms with Crippen LogP contribution in [0.1, 0.15) is 15.9 Å². The minimum absolute atomic E-state index is 0.179. The van der Waals surface area contributed by atoms with Crippen molar-refractivity contribution in [2.75, 3.05) is 0 Å². The van der Waals surface area contributed by atoms with E-state index in [9.17, 15) is 4.79 Å². The Bertz CT molecular complexity index is 599. The Morgan fingerprint density at radius 3 is 2.37 bits per heavy atom. The number of hydrogen-bond donors (Lipinski definition) is 1. The van der Waals surface area contributed by atoms with Crippen LogP contribution in [0.5, 0.6) is 0 Å². The molecule has 0 aliphatic carbocycles. The van der Waals surface area contributed by atoms with Crippen molar-refractivity contribution in [2.45, 2.75) is 6.54 Å². The number of halogens is 3. The van der Waals surface area contributed by atoms with Crippen LogP contribution in [0.3, 0.4) is 0 Å². The minimum Gasteiger partial charge on any atom is -0.348 e. The quantitative estimate of drug-likeness (QED) is 0.847. The van der Waals surface area contributed by atoms with E-state index in [4.69, 9.17) is 23.2 Å². The maximum Gasteiger partial charge on any atom is 0.251 e. The molecule has 0 aliphatic rings. The Kier molecular flexibility index (Phi) is 4.86. The second-order valence-corrected chi connectivity index (χ2v) is 5.67. The second-order valence-electron chi connectivity index (χ2n) is 3.94. The Hall–Kier alpha value is -1.03. The predicted molar refractivity (Wildman–Crippen MR) is 81.8 cm³/mol. The van der Waals surface area contributed by atoms with E-state index in [0.29, 0.717) is 22.2 Å². The van der Waals surface area contributed by atoms with Gasteiger partial charge in [-0.2, -0.15) is 0 Å². The van der Waals surface area contributed by atoms with Crippen LogP contribution < -0.4 is 5.32 Å². The molecule has 0 radical (unpaired) electrons. The van der Waals surface area contributed by atoms with Crippen LogP contribution in [0.25, 0.3) is 0 Å². The van der Waals surface area contributed by atoms with Gasteiger partial charge >= 0.3 is 0 Å². The fraction of sp³-hybridized carbons (Fsp3) is 0.0714. The van der Waals surface area contributed by atoms with E-state index < -0.39 is 0 Å². The number of hydrogen-bond acceptors (Lipinski definition) is 1. The Balaban J connectivity index is 2.01. The third-order valence-electron chi connectivity index (χ3n) is 2.55. The van der Waals surface area contributed by atoms with Gasteiger partial charge in [0, 0.05) is 16.6 Å². The summed E-state index contributed by atoms with van der Waals surface area (Å²) in [6.45, 7) is 0.465. The van der Waals surface area contributed by atoms with E-state index in [-0.39, 0.29) is 5.91 Å². The first kappa shape index (κ1) is 14.4. The van der Waals surface area contributed by atoms with Crippen LogP contribution in [0.4, 0.5) is 0 Å². The number of carbonyl (C=O) groups is 1. The number of rotatable bonds is 3. The Morgan fingerprint density at radius 2 is 1.74 bits per heavy atom. The largest absolute Gasteiger partial charge is 0.348 e. The molecule has 0 saturated heterocycles. The SMILES string of the molecule is O=C(NCc1ccc(Br)cc1)c1ccc(Cl)c(Cl)c1. The van der Waals surface area contributed by atoms with E-state index in [1.165, 1.54) is 0 Å². The summed E-state index contributed by atoms with van der Waals surface area (Å²) in [5.74, 6) is -0.179. The number of benzene rings is 2. The lowest BCUT2D eigenvalue weighted by Crippen LogP contribution is -2.22. The van der Waals surface area contributed by atoms with Gasteiger partial charge in [0.1, 0.15) is 0 Å². The van der Waals surface area contributed by atoms with E-state index >= 15 is 0 Å². The lowest BCUT2D eigenvalue weighted by Gasteiger charge is -2.06. The van der Waals surface area contributed by atoms with Crippen LogP contribution in [-0.4, -0.2) is 5.91 Å². The third kappa shape index (κ3) is 3.96. The van der Waals surface area contributed by atoms with Gasteiger partial charge in [0.15, 0.2) is 0 Å². The van der Waals surface area contributed by atoms with Crippen LogP contribution in [0.15, 0.2) is 46.9 Å². The first-order valence-corrected chi connectivity index (χ1v) is 7.09. The van der Waals surface area contributed by atoms with Crippen LogP contribution in [0.2, 0.25) is 10.0 Å². The molecule has 0 spiro atoms. The predicted octanol–water partition coefficient (Wildman–Crippen LogP) is 4.69. The van der Waals surface area contributed by atoms with E-state index in [0.717, 1.165) is 10.0 Å². The summed E-state index contributed by atoms with van der Waals surface area (Å²) >= 11 is 15.0. The van der Waals surface area contributed by atoms with Gasteiger partial charge in [0.25, 0.3) is 5.91 Å². The Morgan fingerprint density at radius 1 is 1.05 bits per heavy atom. The minimum atomic E-state index is -0.179. The van der Waals surface area contributed by atoms with Crippen molar-refractivity contribution >= 4 is 45.0 Å². The highest BCUT2D eigenvalue weighted by atomic mass is 79.9. The van der Waals surface area contributed by atoms with Crippen molar-refractivity contribution in [3.05, 3.63) is 68.1 Å². The molecule has 98 valence electrons. The molecule has 0 aromatic heterocycles. The lowest BCUT2D eigenvalue weighted by molar-refractivity contribution is 0.0951. The molecule has 0 saturated carbocycles. The topological polar surface area (TPSA) is 29.1 Å². The van der Waals surface area contributed by atoms with Crippen molar-refractivity contribution in [3.63, 3.8) is 0 Å². The molecule has 1 amide bonds. The number of amides is 1. The molecule has 5 heteroatoms. The van der Waals surface area contributed by atoms with E-state index in [1.54, 1.807) is 18.2 Å². The molecule has 0 bridgehead atoms. The molecule has 2 aromatic carbocycles. The van der Waals surface area contributed by atoms with Crippen molar-refractivity contribution in [1.82, 2.24) is 5.32 Å². The first-order chi connectivity index (χ1) is 9.06. The van der Waals surface area contributed by atoms with Gasteiger partial charge in [-0.05, 0) is 35.9 Å². The molecule has 0 atom stereocenters. The van der Waals surface area contributed by atoms with Gasteiger partial charge in [-0.3, -0.25) is 4.79 Å². The maximum absolute atomic E-state index is 11.9. The molecular formula is C14H10BrCl2NO. The lowest BCUT2D eigenvalue weighted by atomic mass is 10.2. The van der Waals surface area contributed by atoms with Crippen molar-refractivity contribution in [3.8, 4) is 0 Å². The summed E-state index contributed by atoms with van der Waals surface area (Å²) in [6.07, 6.45) is 0. The highest BCUT2D eigenvalue weighted by Gasteiger charge is 2.07. The molecular weight excluding hydrogens is 349 g/mol. The monoisotopic (exact) mass is 357 g/mol. The molecule has 0 aliphatic heterocycles. The summed E-state index contributed by atoms with van der Waals surface area (Å²) in [6, 6.07) is 12.6. The van der Waals surface area contributed by atoms with Crippen LogP contribution in [-0.2, 0) is 6.54 Å². The van der Waals surface area contributed by atoms with E-state index in [1.807, 2.05) is 24.3 Å². The average molecular weight is 359 g/mol. The third-order valence-corrected chi connectivity index (χ3v) is 3.82. The number of nitrogens with one attached hydrogen (secondary N) is 1. The van der Waals surface area contributed by atoms with Gasteiger partial charge in [-0.15, -0.1) is 0 Å².